The van der Waals surface area contributed by atoms with Gasteiger partial charge in [-0.05, 0) is 45.0 Å². The molecule has 190 valence electrons. The molecule has 2 unspecified atom stereocenters. The third-order valence-electron chi connectivity index (χ3n) is 7.04. The zero-order valence-electron chi connectivity index (χ0n) is 21.2. The van der Waals surface area contributed by atoms with Gasteiger partial charge in [-0.15, -0.1) is 0 Å². The van der Waals surface area contributed by atoms with Gasteiger partial charge < -0.3 is 15.4 Å². The fourth-order valence-corrected chi connectivity index (χ4v) is 4.82. The van der Waals surface area contributed by atoms with Crippen LogP contribution in [0.4, 0.5) is 0 Å². The molecule has 0 saturated carbocycles. The molecule has 5 rings (SSSR count). The van der Waals surface area contributed by atoms with Gasteiger partial charge in [-0.25, -0.2) is 4.52 Å². The zero-order valence-corrected chi connectivity index (χ0v) is 21.2. The number of aromatic nitrogens is 5. The summed E-state index contributed by atoms with van der Waals surface area (Å²) >= 11 is 0. The Bertz CT molecular complexity index is 1440. The van der Waals surface area contributed by atoms with E-state index in [0.717, 1.165) is 48.2 Å². The number of nitrogens with zero attached hydrogens (tertiary/aromatic N) is 6. The van der Waals surface area contributed by atoms with Crippen molar-refractivity contribution in [1.82, 2.24) is 35.0 Å². The fraction of sp³-hybridized carbons (Fsp3) is 0.370. The molecule has 10 heteroatoms. The van der Waals surface area contributed by atoms with E-state index in [9.17, 15) is 10.1 Å². The normalized spacial score (nSPS) is 15.8. The number of fused-ring (bicyclic) bond motifs is 1. The van der Waals surface area contributed by atoms with Crippen LogP contribution in [0.2, 0.25) is 0 Å². The van der Waals surface area contributed by atoms with E-state index in [1.165, 1.54) is 0 Å². The quantitative estimate of drug-likeness (QED) is 0.402. The average molecular weight is 499 g/mol. The van der Waals surface area contributed by atoms with Crippen molar-refractivity contribution in [2.24, 2.45) is 13.0 Å². The molecule has 2 atom stereocenters. The number of carbonyl (C=O) groups excluding carboxylic acids is 1. The second-order valence-electron chi connectivity index (χ2n) is 9.43. The molecule has 1 aliphatic rings. The van der Waals surface area contributed by atoms with E-state index in [1.54, 1.807) is 34.9 Å². The highest BCUT2D eigenvalue weighted by Gasteiger charge is 2.28. The van der Waals surface area contributed by atoms with Crippen molar-refractivity contribution in [3.8, 4) is 28.3 Å². The lowest BCUT2D eigenvalue weighted by Gasteiger charge is -2.28. The van der Waals surface area contributed by atoms with E-state index in [1.807, 2.05) is 44.6 Å². The number of hydrogen-bond acceptors (Lipinski definition) is 7. The SMILES string of the molecule is COC(C)C(NC(=O)C1CCNCC1)c1ccc(-c2cc(-c3cnn(C)c3)cn3ncc(C#N)c23)cn1. The zero-order chi connectivity index (χ0) is 25.9. The molecule has 0 radical (unpaired) electrons. The lowest BCUT2D eigenvalue weighted by molar-refractivity contribution is -0.127. The van der Waals surface area contributed by atoms with Crippen LogP contribution in [-0.2, 0) is 16.6 Å². The number of hydrogen-bond donors (Lipinski definition) is 2. The number of nitrogens with one attached hydrogen (secondary N) is 2. The number of piperidine rings is 1. The topological polar surface area (TPSA) is 122 Å². The van der Waals surface area contributed by atoms with Crippen molar-refractivity contribution in [2.75, 3.05) is 20.2 Å². The molecule has 1 amide bonds. The summed E-state index contributed by atoms with van der Waals surface area (Å²) in [6, 6.07) is 7.76. The van der Waals surface area contributed by atoms with Crippen LogP contribution in [0.3, 0.4) is 0 Å². The van der Waals surface area contributed by atoms with Crippen LogP contribution < -0.4 is 10.6 Å². The van der Waals surface area contributed by atoms with Crippen molar-refractivity contribution in [3.63, 3.8) is 0 Å². The van der Waals surface area contributed by atoms with Crippen molar-refractivity contribution in [1.29, 1.82) is 5.26 Å². The first-order valence-corrected chi connectivity index (χ1v) is 12.4. The van der Waals surface area contributed by atoms with Gasteiger partial charge in [-0.3, -0.25) is 14.5 Å². The predicted octanol–water partition coefficient (Wildman–Crippen LogP) is 2.86. The Labute approximate surface area is 215 Å². The summed E-state index contributed by atoms with van der Waals surface area (Å²) in [7, 11) is 3.50. The van der Waals surface area contributed by atoms with Gasteiger partial charge in [0.15, 0.2) is 0 Å². The standard InChI is InChI=1S/C27H30N8O2/c1-17(37-3)25(33-27(36)18-6-8-29-9-7-18)24-5-4-19(12-30-24)23-10-20(22-14-31-34(2)15-22)16-35-26(23)21(11-28)13-32-35/h4-5,10,12-18,25,29H,6-9H2,1-3H3,(H,33,36). The summed E-state index contributed by atoms with van der Waals surface area (Å²) < 4.78 is 9.06. The summed E-state index contributed by atoms with van der Waals surface area (Å²) in [6.45, 7) is 3.62. The lowest BCUT2D eigenvalue weighted by atomic mass is 9.96. The summed E-state index contributed by atoms with van der Waals surface area (Å²) in [5, 5.41) is 24.8. The van der Waals surface area contributed by atoms with Crippen LogP contribution in [0.5, 0.6) is 0 Å². The molecule has 0 aliphatic carbocycles. The Morgan fingerprint density at radius 3 is 2.62 bits per heavy atom. The minimum Gasteiger partial charge on any atom is -0.379 e. The molecule has 4 aromatic rings. The van der Waals surface area contributed by atoms with E-state index in [2.05, 4.69) is 26.9 Å². The molecule has 1 saturated heterocycles. The van der Waals surface area contributed by atoms with Crippen LogP contribution >= 0.6 is 0 Å². The Morgan fingerprint density at radius 2 is 1.97 bits per heavy atom. The minimum atomic E-state index is -0.382. The van der Waals surface area contributed by atoms with Crippen LogP contribution in [-0.4, -0.2) is 56.6 Å². The number of aryl methyl sites for hydroxylation is 1. The number of rotatable bonds is 7. The highest BCUT2D eigenvalue weighted by Crippen LogP contribution is 2.32. The van der Waals surface area contributed by atoms with E-state index < -0.39 is 0 Å². The van der Waals surface area contributed by atoms with E-state index >= 15 is 0 Å². The Balaban J connectivity index is 1.50. The lowest BCUT2D eigenvalue weighted by Crippen LogP contribution is -2.42. The number of amides is 1. The monoisotopic (exact) mass is 498 g/mol. The first kappa shape index (κ1) is 24.6. The summed E-state index contributed by atoms with van der Waals surface area (Å²) in [5.74, 6) is 0.0203. The molecule has 10 nitrogen and oxygen atoms in total. The molecule has 0 bridgehead atoms. The van der Waals surface area contributed by atoms with Gasteiger partial charge in [0, 0.05) is 60.9 Å². The molecule has 0 spiro atoms. The van der Waals surface area contributed by atoms with Gasteiger partial charge in [-0.2, -0.15) is 15.5 Å². The molecular weight excluding hydrogens is 468 g/mol. The van der Waals surface area contributed by atoms with E-state index in [4.69, 9.17) is 9.72 Å². The third-order valence-corrected chi connectivity index (χ3v) is 7.04. The summed E-state index contributed by atoms with van der Waals surface area (Å²) in [6.07, 6.45) is 10.4. The van der Waals surface area contributed by atoms with Crippen LogP contribution in [0.1, 0.15) is 37.1 Å². The Kier molecular flexibility index (Phi) is 6.99. The highest BCUT2D eigenvalue weighted by atomic mass is 16.5. The van der Waals surface area contributed by atoms with E-state index in [0.29, 0.717) is 16.8 Å². The second-order valence-corrected chi connectivity index (χ2v) is 9.43. The number of ether oxygens (including phenoxy) is 1. The molecule has 4 aromatic heterocycles. The van der Waals surface area contributed by atoms with Crippen molar-refractivity contribution in [2.45, 2.75) is 31.9 Å². The molecule has 2 N–H and O–H groups in total. The van der Waals surface area contributed by atoms with Gasteiger partial charge in [0.1, 0.15) is 6.07 Å². The van der Waals surface area contributed by atoms with Gasteiger partial charge in [0.05, 0.1) is 41.3 Å². The molecule has 1 aliphatic heterocycles. The molecular formula is C27H30N8O2. The first-order chi connectivity index (χ1) is 18.0. The van der Waals surface area contributed by atoms with Crippen molar-refractivity contribution < 1.29 is 9.53 Å². The largest absolute Gasteiger partial charge is 0.379 e. The maximum atomic E-state index is 13.0. The van der Waals surface area contributed by atoms with Crippen LogP contribution in [0, 0.1) is 17.2 Å². The summed E-state index contributed by atoms with van der Waals surface area (Å²) in [4.78, 5) is 17.7. The maximum absolute atomic E-state index is 13.0. The fourth-order valence-electron chi connectivity index (χ4n) is 4.82. The van der Waals surface area contributed by atoms with Gasteiger partial charge >= 0.3 is 0 Å². The predicted molar refractivity (Wildman–Crippen MR) is 138 cm³/mol. The minimum absolute atomic E-state index is 0.0122. The number of pyridine rings is 2. The molecule has 0 aromatic carbocycles. The van der Waals surface area contributed by atoms with E-state index in [-0.39, 0.29) is 24.0 Å². The molecule has 37 heavy (non-hydrogen) atoms. The smallest absolute Gasteiger partial charge is 0.223 e. The van der Waals surface area contributed by atoms with Gasteiger partial charge in [-0.1, -0.05) is 6.07 Å². The number of carbonyl (C=O) groups is 1. The average Bonchev–Trinajstić information content (AvgIpc) is 3.57. The highest BCUT2D eigenvalue weighted by molar-refractivity contribution is 5.87. The van der Waals surface area contributed by atoms with Crippen molar-refractivity contribution in [3.05, 3.63) is 60.4 Å². The maximum Gasteiger partial charge on any atom is 0.223 e. The Hall–Kier alpha value is -4.07. The van der Waals surface area contributed by atoms with Gasteiger partial charge in [0.25, 0.3) is 0 Å². The van der Waals surface area contributed by atoms with Gasteiger partial charge in [0.2, 0.25) is 5.91 Å². The molecule has 5 heterocycles. The van der Waals surface area contributed by atoms with Crippen molar-refractivity contribution >= 4 is 11.4 Å². The summed E-state index contributed by atoms with van der Waals surface area (Å²) in [5.41, 5.74) is 5.46. The Morgan fingerprint density at radius 1 is 1.16 bits per heavy atom. The first-order valence-electron chi connectivity index (χ1n) is 12.4. The van der Waals surface area contributed by atoms with Crippen LogP contribution in [0.15, 0.2) is 49.2 Å². The second kappa shape index (κ2) is 10.5. The molecule has 1 fully saturated rings. The van der Waals surface area contributed by atoms with Crippen LogP contribution in [0.25, 0.3) is 27.8 Å². The third kappa shape index (κ3) is 4.96. The number of methoxy groups -OCH3 is 1. The number of nitriles is 1.